The lowest BCUT2D eigenvalue weighted by Crippen LogP contribution is -2.44. The highest BCUT2D eigenvalue weighted by atomic mass is 16.5. The van der Waals surface area contributed by atoms with Crippen LogP contribution < -0.4 is 108 Å². The van der Waals surface area contributed by atoms with Crippen molar-refractivity contribution >= 4 is 71.2 Å². The predicted octanol–water partition coefficient (Wildman–Crippen LogP) is -4.25. The van der Waals surface area contributed by atoms with Gasteiger partial charge in [0.1, 0.15) is 0 Å². The van der Waals surface area contributed by atoms with E-state index in [1.165, 1.54) is 11.9 Å². The maximum atomic E-state index is 7.04. The van der Waals surface area contributed by atoms with Gasteiger partial charge in [-0.1, -0.05) is 56.0 Å². The number of nitrogens with zero attached hydrogens (tertiary/aromatic N) is 11. The second kappa shape index (κ2) is 57.5. The lowest BCUT2D eigenvalue weighted by molar-refractivity contribution is 0.0672. The van der Waals surface area contributed by atoms with Gasteiger partial charge in [-0.25, -0.2) is 9.98 Å². The van der Waals surface area contributed by atoms with E-state index in [9.17, 15) is 0 Å². The summed E-state index contributed by atoms with van der Waals surface area (Å²) in [4.78, 5) is 35.5. The minimum atomic E-state index is -0.333. The molecule has 0 unspecified atom stereocenters. The van der Waals surface area contributed by atoms with Crippen LogP contribution in [-0.4, -0.2) is 193 Å². The number of morpholine rings is 1. The third-order valence-electron chi connectivity index (χ3n) is 7.93. The predicted molar refractivity (Wildman–Crippen MR) is 349 cm³/mol. The van der Waals surface area contributed by atoms with Crippen molar-refractivity contribution < 1.29 is 4.74 Å². The van der Waals surface area contributed by atoms with E-state index in [1.807, 2.05) is 114 Å². The monoisotopic (exact) mass is 1160 g/mol. The Bertz CT molecular complexity index is 2110. The van der Waals surface area contributed by atoms with Crippen molar-refractivity contribution in [3.05, 3.63) is 66.2 Å². The minimum Gasteiger partial charge on any atom is -0.378 e. The SMILES string of the molecule is C.CC(C)N=C(N)N.CC(C)N=C(N)NC(C)C.CN(C)C(=N)N.CN1CCN=C1N.CN=C(N)N.CN=C(N)NC.N=C(N)N.N=C(N)N1CCOCC1.NC(N)=NCc1ccccc1.NC(N)=Nc1ccccc1.NC1=NCCN1. The zero-order valence-electron chi connectivity index (χ0n) is 49.9. The molecule has 1 fully saturated rings. The van der Waals surface area contributed by atoms with Gasteiger partial charge in [0.2, 0.25) is 0 Å². The Morgan fingerprint density at radius 2 is 1.13 bits per heavy atom. The number of nitrogens with two attached hydrogens (primary N) is 16. The molecule has 472 valence electrons. The molecule has 0 atom stereocenters. The largest absolute Gasteiger partial charge is 0.378 e. The Kier molecular flexibility index (Phi) is 60.5. The quantitative estimate of drug-likeness (QED) is 0.0962. The normalized spacial score (nSPS) is 12.0. The topological polar surface area (TPSA) is 642 Å². The van der Waals surface area contributed by atoms with Crippen molar-refractivity contribution in [2.75, 3.05) is 94.8 Å². The average molecular weight is 1160 g/mol. The van der Waals surface area contributed by atoms with E-state index < -0.39 is 0 Å². The van der Waals surface area contributed by atoms with Crippen LogP contribution >= 0.6 is 0 Å². The van der Waals surface area contributed by atoms with Crippen LogP contribution in [-0.2, 0) is 11.3 Å². The Morgan fingerprint density at radius 3 is 1.35 bits per heavy atom. The van der Waals surface area contributed by atoms with Crippen molar-refractivity contribution in [2.24, 2.45) is 132 Å². The Morgan fingerprint density at radius 1 is 0.671 bits per heavy atom. The average Bonchev–Trinajstić information content (AvgIpc) is 4.02. The van der Waals surface area contributed by atoms with Gasteiger partial charge in [-0.3, -0.25) is 46.2 Å². The van der Waals surface area contributed by atoms with Gasteiger partial charge in [0, 0.05) is 86.6 Å². The number of nitrogens with one attached hydrogen (secondary N) is 6. The fourth-order valence-corrected chi connectivity index (χ4v) is 4.21. The summed E-state index contributed by atoms with van der Waals surface area (Å²) in [5.74, 6) is 2.67. The first kappa shape index (κ1) is 86.3. The minimum absolute atomic E-state index is 0. The molecule has 0 aromatic heterocycles. The van der Waals surface area contributed by atoms with Crippen molar-refractivity contribution in [1.29, 1.82) is 16.2 Å². The molecule has 3 aliphatic rings. The second-order valence-corrected chi connectivity index (χ2v) is 16.7. The summed E-state index contributed by atoms with van der Waals surface area (Å²) in [6.07, 6.45) is 0. The molecule has 0 amide bonds. The fourth-order valence-electron chi connectivity index (χ4n) is 4.21. The molecule has 1 saturated heterocycles. The summed E-state index contributed by atoms with van der Waals surface area (Å²) in [5.41, 5.74) is 82.5. The number of hydrogen-bond donors (Lipinski definition) is 22. The van der Waals surface area contributed by atoms with Gasteiger partial charge in [-0.2, -0.15) is 0 Å². The number of rotatable bonds is 6. The summed E-state index contributed by atoms with van der Waals surface area (Å²) in [7, 11) is 10.3. The van der Waals surface area contributed by atoms with Crippen LogP contribution in [0.5, 0.6) is 0 Å². The number of likely N-dealkylation sites (N-methyl/N-ethyl adjacent to an activating group) is 1. The van der Waals surface area contributed by atoms with E-state index in [2.05, 4.69) is 67.4 Å². The van der Waals surface area contributed by atoms with Crippen LogP contribution in [0.2, 0.25) is 0 Å². The summed E-state index contributed by atoms with van der Waals surface area (Å²) in [6, 6.07) is 20.0. The molecular formula is C48H109N33O. The second-order valence-electron chi connectivity index (χ2n) is 16.7. The van der Waals surface area contributed by atoms with Crippen molar-refractivity contribution in [1.82, 2.24) is 30.7 Å². The van der Waals surface area contributed by atoms with Gasteiger partial charge in [0.15, 0.2) is 65.6 Å². The van der Waals surface area contributed by atoms with Crippen LogP contribution in [0.15, 0.2) is 101 Å². The van der Waals surface area contributed by atoms with E-state index in [-0.39, 0.29) is 61.2 Å². The molecule has 34 heteroatoms. The number of benzene rings is 2. The molecule has 82 heavy (non-hydrogen) atoms. The van der Waals surface area contributed by atoms with Gasteiger partial charge in [0.25, 0.3) is 0 Å². The maximum Gasteiger partial charge on any atom is 0.191 e. The number of hydrogen-bond acceptors (Lipinski definition) is 16. The van der Waals surface area contributed by atoms with Crippen LogP contribution in [0, 0.1) is 16.2 Å². The van der Waals surface area contributed by atoms with Gasteiger partial charge in [-0.15, -0.1) is 0 Å². The zero-order valence-corrected chi connectivity index (χ0v) is 49.9. The standard InChI is InChI=1S/C8H11N3.C7H9N3.C7H17N3.C5H11N3O.C4H9N3.C4H11N3.C3H7N3.2C3H9N3.C2H7N3.CH5N3.CH4/c9-8(10)11-6-7-4-2-1-3-5-7;8-7(9)10-6-4-2-1-3-5-6;1-5(2)9-7(8)10-6(3)4;6-5(7)8-1-3-9-4-2-8;1-7-3-2-6-4(7)5;1-3(2)7-4(5)6;4-3-5-1-2-6-3;1-6(2)3(4)5;1-5-3(4)6-2;1-5-2(3)4;2-1(3)4;/h1-5H,6H2,(H4,9,10,11);1-5H,(H4,8,9,10);5-6H,1-4H3,(H3,8,9,10);1-4H2,(H3,6,7);2-3H2,1H3,(H2,5,6);3H,1-2H3,(H4,5,6,7);1-2H2,(H3,4,5,6);1-2H3,(H3,4,5);1-2H3,(H3,4,5,6);1H3,(H4,3,4,5);(H5,2,3,4);1H4. The van der Waals surface area contributed by atoms with Gasteiger partial charge >= 0.3 is 0 Å². The number of guanidine groups is 11. The molecule has 0 bridgehead atoms. The zero-order chi connectivity index (χ0) is 63.9. The molecule has 34 nitrogen and oxygen atoms in total. The first-order valence-electron chi connectivity index (χ1n) is 24.8. The molecule has 5 rings (SSSR count). The van der Waals surface area contributed by atoms with E-state index in [4.69, 9.17) is 101 Å². The van der Waals surface area contributed by atoms with Crippen molar-refractivity contribution in [3.8, 4) is 0 Å². The van der Waals surface area contributed by atoms with E-state index in [0.29, 0.717) is 49.6 Å². The van der Waals surface area contributed by atoms with Crippen LogP contribution in [0.25, 0.3) is 0 Å². The molecule has 0 radical (unpaired) electrons. The van der Waals surface area contributed by atoms with Crippen LogP contribution in [0.1, 0.15) is 54.5 Å². The van der Waals surface area contributed by atoms with Gasteiger partial charge in [-0.05, 0) is 59.2 Å². The van der Waals surface area contributed by atoms with Crippen molar-refractivity contribution in [2.45, 2.75) is 73.6 Å². The highest BCUT2D eigenvalue weighted by Crippen LogP contribution is 2.08. The molecule has 3 heterocycles. The Hall–Kier alpha value is -9.63. The highest BCUT2D eigenvalue weighted by Gasteiger charge is 2.10. The summed E-state index contributed by atoms with van der Waals surface area (Å²) in [5, 5.41) is 28.2. The van der Waals surface area contributed by atoms with Crippen LogP contribution in [0.3, 0.4) is 0 Å². The summed E-state index contributed by atoms with van der Waals surface area (Å²) >= 11 is 0. The summed E-state index contributed by atoms with van der Waals surface area (Å²) in [6.45, 7) is 18.9. The third-order valence-corrected chi connectivity index (χ3v) is 7.93. The van der Waals surface area contributed by atoms with Crippen LogP contribution in [0.4, 0.5) is 5.69 Å². The Labute approximate surface area is 487 Å². The smallest absolute Gasteiger partial charge is 0.191 e. The first-order valence-corrected chi connectivity index (χ1v) is 24.8. The molecule has 2 aromatic rings. The molecular weight excluding hydrogens is 1050 g/mol. The lowest BCUT2D eigenvalue weighted by atomic mass is 10.2. The van der Waals surface area contributed by atoms with E-state index in [1.54, 1.807) is 33.1 Å². The van der Waals surface area contributed by atoms with E-state index >= 15 is 0 Å². The molecule has 38 N–H and O–H groups in total. The lowest BCUT2D eigenvalue weighted by Gasteiger charge is -2.26. The van der Waals surface area contributed by atoms with Gasteiger partial charge in [0.05, 0.1) is 38.5 Å². The molecule has 0 aliphatic carbocycles. The molecule has 0 spiro atoms. The maximum absolute atomic E-state index is 7.04. The number of ether oxygens (including phenoxy) is 1. The number of para-hydroxylation sites is 1. The molecule has 3 aliphatic heterocycles. The number of aliphatic imine (C=N–C) groups is 8. The summed E-state index contributed by atoms with van der Waals surface area (Å²) < 4.78 is 5.06. The van der Waals surface area contributed by atoms with Gasteiger partial charge < -0.3 is 127 Å². The van der Waals surface area contributed by atoms with Crippen molar-refractivity contribution in [3.63, 3.8) is 0 Å². The Balaban J connectivity index is -0.000000152. The highest BCUT2D eigenvalue weighted by molar-refractivity contribution is 5.81. The third kappa shape index (κ3) is 76.9. The van der Waals surface area contributed by atoms with E-state index in [0.717, 1.165) is 50.5 Å². The first-order chi connectivity index (χ1) is 37.7. The molecule has 0 saturated carbocycles. The molecule has 2 aromatic carbocycles. The fraction of sp³-hybridized carbons (Fsp3) is 0.521.